The number of anilines is 1. The second-order valence-corrected chi connectivity index (χ2v) is 6.83. The molecule has 4 aromatic rings. The molecule has 6 heteroatoms. The molecule has 0 aliphatic carbocycles. The Kier molecular flexibility index (Phi) is 3.81. The summed E-state index contributed by atoms with van der Waals surface area (Å²) < 4.78 is 6.94. The van der Waals surface area contributed by atoms with Gasteiger partial charge in [0.25, 0.3) is 0 Å². The molecule has 6 nitrogen and oxygen atoms in total. The van der Waals surface area contributed by atoms with E-state index in [9.17, 15) is 5.26 Å². The molecular weight excluding hydrogens is 350 g/mol. The number of ether oxygens (including phenoxy) is 1. The van der Waals surface area contributed by atoms with E-state index in [0.717, 1.165) is 27.7 Å². The number of hydrogen-bond donors (Lipinski definition) is 1. The van der Waals surface area contributed by atoms with E-state index in [4.69, 9.17) is 15.5 Å². The van der Waals surface area contributed by atoms with Crippen LogP contribution in [0.4, 0.5) is 5.82 Å². The maximum atomic E-state index is 9.62. The molecule has 28 heavy (non-hydrogen) atoms. The molecule has 2 N–H and O–H groups in total. The summed E-state index contributed by atoms with van der Waals surface area (Å²) >= 11 is 0. The van der Waals surface area contributed by atoms with Gasteiger partial charge in [0.1, 0.15) is 29.2 Å². The van der Waals surface area contributed by atoms with E-state index in [0.29, 0.717) is 30.3 Å². The van der Waals surface area contributed by atoms with Crippen molar-refractivity contribution in [1.29, 1.82) is 5.26 Å². The van der Waals surface area contributed by atoms with Crippen LogP contribution in [0.5, 0.6) is 0 Å². The quantitative estimate of drug-likeness (QED) is 0.595. The second kappa shape index (κ2) is 6.48. The van der Waals surface area contributed by atoms with Crippen LogP contribution < -0.4 is 5.73 Å². The first-order valence-electron chi connectivity index (χ1n) is 9.07. The first kappa shape index (κ1) is 16.5. The highest BCUT2D eigenvalue weighted by Gasteiger charge is 2.27. The number of nitriles is 1. The number of aromatic nitrogens is 3. The summed E-state index contributed by atoms with van der Waals surface area (Å²) in [6.45, 7) is 1.13. The largest absolute Gasteiger partial charge is 0.383 e. The Labute approximate surface area is 161 Å². The zero-order chi connectivity index (χ0) is 19.1. The van der Waals surface area contributed by atoms with Crippen molar-refractivity contribution in [1.82, 2.24) is 14.8 Å². The van der Waals surface area contributed by atoms with Crippen LogP contribution in [0.1, 0.15) is 11.6 Å². The van der Waals surface area contributed by atoms with Crippen LogP contribution in [0.2, 0.25) is 0 Å². The van der Waals surface area contributed by atoms with Gasteiger partial charge in [-0.2, -0.15) is 10.4 Å². The molecule has 0 saturated carbocycles. The minimum absolute atomic E-state index is 0.0871. The van der Waals surface area contributed by atoms with Crippen LogP contribution in [0, 0.1) is 11.3 Å². The van der Waals surface area contributed by atoms with Crippen LogP contribution in [0.3, 0.4) is 0 Å². The third-order valence-electron chi connectivity index (χ3n) is 5.06. The Hall–Kier alpha value is -3.69. The lowest BCUT2D eigenvalue weighted by atomic mass is 10.0. The maximum absolute atomic E-state index is 9.62. The molecule has 1 fully saturated rings. The lowest BCUT2D eigenvalue weighted by Crippen LogP contribution is -2.32. The van der Waals surface area contributed by atoms with Crippen molar-refractivity contribution in [3.8, 4) is 28.6 Å². The standard InChI is InChI=1S/C22H17N5O/c23-11-18-21(26-27(22(18)24)17-12-28-13-17)16-7-6-15-8-9-19(25-20(15)10-16)14-4-2-1-3-5-14/h1-10,17H,12-13,24H2. The summed E-state index contributed by atoms with van der Waals surface area (Å²) in [5.74, 6) is 0.386. The van der Waals surface area contributed by atoms with Gasteiger partial charge in [-0.3, -0.25) is 0 Å². The predicted molar refractivity (Wildman–Crippen MR) is 107 cm³/mol. The zero-order valence-corrected chi connectivity index (χ0v) is 15.0. The number of hydrogen-bond acceptors (Lipinski definition) is 5. The summed E-state index contributed by atoms with van der Waals surface area (Å²) in [5, 5.41) is 15.3. The minimum atomic E-state index is 0.0871. The molecule has 1 aliphatic heterocycles. The molecule has 2 aromatic carbocycles. The number of fused-ring (bicyclic) bond motifs is 1. The zero-order valence-electron chi connectivity index (χ0n) is 15.0. The fourth-order valence-corrected chi connectivity index (χ4v) is 3.44. The van der Waals surface area contributed by atoms with Gasteiger partial charge < -0.3 is 10.5 Å². The van der Waals surface area contributed by atoms with E-state index in [2.05, 4.69) is 17.2 Å². The van der Waals surface area contributed by atoms with E-state index in [1.807, 2.05) is 54.6 Å². The second-order valence-electron chi connectivity index (χ2n) is 6.83. The van der Waals surface area contributed by atoms with Gasteiger partial charge in [0.05, 0.1) is 24.4 Å². The SMILES string of the molecule is N#Cc1c(-c2ccc3ccc(-c4ccccc4)nc3c2)nn(C2COC2)c1N. The Bertz CT molecular complexity index is 1220. The van der Waals surface area contributed by atoms with Crippen LogP contribution >= 0.6 is 0 Å². The average Bonchev–Trinajstić information content (AvgIpc) is 3.02. The number of pyridine rings is 1. The fraction of sp³-hybridized carbons (Fsp3) is 0.136. The Morgan fingerprint density at radius 3 is 2.54 bits per heavy atom. The summed E-state index contributed by atoms with van der Waals surface area (Å²) in [6.07, 6.45) is 0. The first-order valence-corrected chi connectivity index (χ1v) is 9.07. The molecule has 0 unspecified atom stereocenters. The van der Waals surface area contributed by atoms with Crippen molar-refractivity contribution in [3.63, 3.8) is 0 Å². The van der Waals surface area contributed by atoms with Crippen molar-refractivity contribution in [2.24, 2.45) is 0 Å². The Morgan fingerprint density at radius 1 is 1.04 bits per heavy atom. The van der Waals surface area contributed by atoms with Crippen LogP contribution in [-0.2, 0) is 4.74 Å². The predicted octanol–water partition coefficient (Wildman–Crippen LogP) is 3.79. The Balaban J connectivity index is 1.63. The van der Waals surface area contributed by atoms with Gasteiger partial charge in [0.2, 0.25) is 0 Å². The monoisotopic (exact) mass is 367 g/mol. The van der Waals surface area contributed by atoms with Gasteiger partial charge in [0, 0.05) is 16.5 Å². The van der Waals surface area contributed by atoms with Gasteiger partial charge in [-0.1, -0.05) is 48.5 Å². The number of benzene rings is 2. The van der Waals surface area contributed by atoms with Gasteiger partial charge in [-0.25, -0.2) is 9.67 Å². The molecule has 0 radical (unpaired) electrons. The summed E-state index contributed by atoms with van der Waals surface area (Å²) in [4.78, 5) is 4.81. The molecule has 2 aromatic heterocycles. The van der Waals surface area contributed by atoms with Crippen molar-refractivity contribution in [3.05, 3.63) is 66.2 Å². The smallest absolute Gasteiger partial charge is 0.140 e. The van der Waals surface area contributed by atoms with Crippen molar-refractivity contribution >= 4 is 16.7 Å². The maximum Gasteiger partial charge on any atom is 0.140 e. The minimum Gasteiger partial charge on any atom is -0.383 e. The molecule has 1 aliphatic rings. The number of rotatable bonds is 3. The third kappa shape index (κ3) is 2.61. The molecule has 0 atom stereocenters. The van der Waals surface area contributed by atoms with Crippen LogP contribution in [0.25, 0.3) is 33.4 Å². The molecule has 0 spiro atoms. The normalized spacial score (nSPS) is 14.0. The number of nitrogens with two attached hydrogens (primary N) is 1. The van der Waals surface area contributed by atoms with Gasteiger partial charge in [0.15, 0.2) is 0 Å². The highest BCUT2D eigenvalue weighted by molar-refractivity contribution is 5.87. The third-order valence-corrected chi connectivity index (χ3v) is 5.06. The van der Waals surface area contributed by atoms with Crippen LogP contribution in [-0.4, -0.2) is 28.0 Å². The molecule has 136 valence electrons. The highest BCUT2D eigenvalue weighted by Crippen LogP contribution is 2.32. The fourth-order valence-electron chi connectivity index (χ4n) is 3.44. The summed E-state index contributed by atoms with van der Waals surface area (Å²) in [7, 11) is 0. The van der Waals surface area contributed by atoms with Crippen molar-refractivity contribution in [2.75, 3.05) is 18.9 Å². The molecule has 3 heterocycles. The van der Waals surface area contributed by atoms with Gasteiger partial charge in [-0.15, -0.1) is 0 Å². The lowest BCUT2D eigenvalue weighted by Gasteiger charge is -2.26. The van der Waals surface area contributed by atoms with Gasteiger partial charge in [-0.05, 0) is 12.1 Å². The van der Waals surface area contributed by atoms with E-state index in [-0.39, 0.29) is 6.04 Å². The van der Waals surface area contributed by atoms with E-state index < -0.39 is 0 Å². The summed E-state index contributed by atoms with van der Waals surface area (Å²) in [6, 6.07) is 22.3. The Morgan fingerprint density at radius 2 is 1.82 bits per heavy atom. The van der Waals surface area contributed by atoms with Crippen LogP contribution in [0.15, 0.2) is 60.7 Å². The first-order chi connectivity index (χ1) is 13.7. The molecule has 0 amide bonds. The average molecular weight is 367 g/mol. The summed E-state index contributed by atoms with van der Waals surface area (Å²) in [5.41, 5.74) is 10.8. The number of nitrogen functional groups attached to an aromatic ring is 1. The topological polar surface area (TPSA) is 89.8 Å². The van der Waals surface area contributed by atoms with E-state index >= 15 is 0 Å². The molecular formula is C22H17N5O. The highest BCUT2D eigenvalue weighted by atomic mass is 16.5. The van der Waals surface area contributed by atoms with Gasteiger partial charge >= 0.3 is 0 Å². The molecule has 0 bridgehead atoms. The molecule has 1 saturated heterocycles. The van der Waals surface area contributed by atoms with E-state index in [1.54, 1.807) is 4.68 Å². The lowest BCUT2D eigenvalue weighted by molar-refractivity contribution is -0.0275. The van der Waals surface area contributed by atoms with E-state index in [1.165, 1.54) is 0 Å². The number of nitrogens with zero attached hydrogens (tertiary/aromatic N) is 4. The van der Waals surface area contributed by atoms with Crippen molar-refractivity contribution in [2.45, 2.75) is 6.04 Å². The molecule has 5 rings (SSSR count). The van der Waals surface area contributed by atoms with Crippen molar-refractivity contribution < 1.29 is 4.74 Å².